The Kier molecular flexibility index (Phi) is 4.66. The highest BCUT2D eigenvalue weighted by molar-refractivity contribution is 8.00. The molecule has 0 amide bonds. The number of ketones is 1. The van der Waals surface area contributed by atoms with Gasteiger partial charge in [0.1, 0.15) is 0 Å². The van der Waals surface area contributed by atoms with E-state index in [2.05, 4.69) is 26.8 Å². The van der Waals surface area contributed by atoms with Gasteiger partial charge in [0.15, 0.2) is 5.78 Å². The van der Waals surface area contributed by atoms with Gasteiger partial charge in [-0.1, -0.05) is 57.2 Å². The predicted octanol–water partition coefficient (Wildman–Crippen LogP) is 4.96. The minimum Gasteiger partial charge on any atom is -0.293 e. The highest BCUT2D eigenvalue weighted by Crippen LogP contribution is 2.24. The Morgan fingerprint density at radius 1 is 1.00 bits per heavy atom. The molecule has 2 heteroatoms. The molecule has 0 spiro atoms. The summed E-state index contributed by atoms with van der Waals surface area (Å²) in [7, 11) is 0. The number of benzene rings is 2. The summed E-state index contributed by atoms with van der Waals surface area (Å²) in [6.07, 6.45) is 0. The molecular weight excluding hydrogens is 264 g/mol. The average molecular weight is 284 g/mol. The van der Waals surface area contributed by atoms with Crippen molar-refractivity contribution in [1.29, 1.82) is 0 Å². The van der Waals surface area contributed by atoms with Crippen molar-refractivity contribution < 1.29 is 4.79 Å². The van der Waals surface area contributed by atoms with Gasteiger partial charge in [-0.25, -0.2) is 0 Å². The van der Waals surface area contributed by atoms with E-state index in [4.69, 9.17) is 0 Å². The van der Waals surface area contributed by atoms with Crippen molar-refractivity contribution >= 4 is 17.5 Å². The first kappa shape index (κ1) is 14.9. The normalized spacial score (nSPS) is 11.3. The van der Waals surface area contributed by atoms with E-state index in [1.807, 2.05) is 48.5 Å². The van der Waals surface area contributed by atoms with E-state index in [1.54, 1.807) is 11.8 Å². The molecule has 0 aliphatic rings. The standard InChI is InChI=1S/C18H20OS/c1-18(2,3)15-9-7-8-14(12-15)17(19)13-20-16-10-5-4-6-11-16/h4-12H,13H2,1-3H3. The largest absolute Gasteiger partial charge is 0.293 e. The smallest absolute Gasteiger partial charge is 0.173 e. The molecule has 0 fully saturated rings. The Bertz CT molecular complexity index is 582. The van der Waals surface area contributed by atoms with Crippen molar-refractivity contribution in [3.05, 3.63) is 65.7 Å². The second kappa shape index (κ2) is 6.27. The number of carbonyl (C=O) groups excluding carboxylic acids is 1. The van der Waals surface area contributed by atoms with Gasteiger partial charge < -0.3 is 0 Å². The summed E-state index contributed by atoms with van der Waals surface area (Å²) in [4.78, 5) is 13.4. The third kappa shape index (κ3) is 3.97. The van der Waals surface area contributed by atoms with Crippen LogP contribution in [-0.4, -0.2) is 11.5 Å². The van der Waals surface area contributed by atoms with Crippen LogP contribution in [0.5, 0.6) is 0 Å². The molecule has 0 radical (unpaired) electrons. The van der Waals surface area contributed by atoms with Gasteiger partial charge in [0.25, 0.3) is 0 Å². The summed E-state index contributed by atoms with van der Waals surface area (Å²) in [5.74, 6) is 0.669. The number of hydrogen-bond donors (Lipinski definition) is 0. The van der Waals surface area contributed by atoms with Crippen LogP contribution >= 0.6 is 11.8 Å². The maximum absolute atomic E-state index is 12.3. The Hall–Kier alpha value is -1.54. The Morgan fingerprint density at radius 2 is 1.70 bits per heavy atom. The monoisotopic (exact) mass is 284 g/mol. The van der Waals surface area contributed by atoms with Crippen molar-refractivity contribution in [1.82, 2.24) is 0 Å². The molecule has 0 heterocycles. The molecule has 104 valence electrons. The molecule has 2 aromatic rings. The minimum atomic E-state index is 0.0723. The van der Waals surface area contributed by atoms with E-state index in [1.165, 1.54) is 5.56 Å². The molecule has 0 bridgehead atoms. The second-order valence-electron chi connectivity index (χ2n) is 5.86. The topological polar surface area (TPSA) is 17.1 Å². The van der Waals surface area contributed by atoms with Crippen molar-refractivity contribution in [3.8, 4) is 0 Å². The lowest BCUT2D eigenvalue weighted by atomic mass is 9.86. The van der Waals surface area contributed by atoms with Crippen LogP contribution in [0.15, 0.2) is 59.5 Å². The first-order valence-electron chi connectivity index (χ1n) is 6.78. The molecule has 2 aromatic carbocycles. The van der Waals surface area contributed by atoms with Crippen LogP contribution in [0.4, 0.5) is 0 Å². The lowest BCUT2D eigenvalue weighted by Crippen LogP contribution is -2.12. The fourth-order valence-corrected chi connectivity index (χ4v) is 2.72. The summed E-state index contributed by atoms with van der Waals surface area (Å²) in [5.41, 5.74) is 2.08. The zero-order valence-electron chi connectivity index (χ0n) is 12.2. The molecule has 0 saturated heterocycles. The third-order valence-electron chi connectivity index (χ3n) is 3.16. The molecule has 0 saturated carbocycles. The molecule has 0 aliphatic heterocycles. The molecule has 0 aliphatic carbocycles. The van der Waals surface area contributed by atoms with Gasteiger partial charge in [-0.3, -0.25) is 4.79 Å². The van der Waals surface area contributed by atoms with Crippen LogP contribution in [0.1, 0.15) is 36.7 Å². The third-order valence-corrected chi connectivity index (χ3v) is 4.18. The van der Waals surface area contributed by atoms with Crippen LogP contribution in [0, 0.1) is 0 Å². The van der Waals surface area contributed by atoms with Crippen LogP contribution < -0.4 is 0 Å². The zero-order valence-corrected chi connectivity index (χ0v) is 13.0. The van der Waals surface area contributed by atoms with Gasteiger partial charge in [0.2, 0.25) is 0 Å². The van der Waals surface area contributed by atoms with Crippen LogP contribution in [-0.2, 0) is 5.41 Å². The highest BCUT2D eigenvalue weighted by Gasteiger charge is 2.15. The number of carbonyl (C=O) groups is 1. The lowest BCUT2D eigenvalue weighted by Gasteiger charge is -2.19. The predicted molar refractivity (Wildman–Crippen MR) is 86.6 cm³/mol. The average Bonchev–Trinajstić information content (AvgIpc) is 2.45. The fourth-order valence-electron chi connectivity index (χ4n) is 1.91. The highest BCUT2D eigenvalue weighted by atomic mass is 32.2. The molecule has 1 nitrogen and oxygen atoms in total. The summed E-state index contributed by atoms with van der Waals surface area (Å²) in [6.45, 7) is 6.49. The summed E-state index contributed by atoms with van der Waals surface area (Å²) in [6, 6.07) is 18.0. The molecule has 0 atom stereocenters. The van der Waals surface area contributed by atoms with Crippen molar-refractivity contribution in [2.75, 3.05) is 5.75 Å². The number of Topliss-reactive ketones (excluding diaryl/α,β-unsaturated/α-hetero) is 1. The Balaban J connectivity index is 2.06. The summed E-state index contributed by atoms with van der Waals surface area (Å²) >= 11 is 1.59. The van der Waals surface area contributed by atoms with E-state index in [9.17, 15) is 4.79 Å². The number of rotatable bonds is 4. The van der Waals surface area contributed by atoms with E-state index in [0.717, 1.165) is 10.5 Å². The minimum absolute atomic E-state index is 0.0723. The first-order valence-corrected chi connectivity index (χ1v) is 7.77. The summed E-state index contributed by atoms with van der Waals surface area (Å²) < 4.78 is 0. The van der Waals surface area contributed by atoms with Crippen molar-refractivity contribution in [2.45, 2.75) is 31.1 Å². The van der Waals surface area contributed by atoms with Crippen molar-refractivity contribution in [3.63, 3.8) is 0 Å². The number of hydrogen-bond acceptors (Lipinski definition) is 2. The van der Waals surface area contributed by atoms with Crippen LogP contribution in [0.2, 0.25) is 0 Å². The maximum Gasteiger partial charge on any atom is 0.173 e. The fraction of sp³-hybridized carbons (Fsp3) is 0.278. The second-order valence-corrected chi connectivity index (χ2v) is 6.90. The Morgan fingerprint density at radius 3 is 2.35 bits per heavy atom. The van der Waals surface area contributed by atoms with E-state index >= 15 is 0 Å². The molecule has 2 rings (SSSR count). The van der Waals surface area contributed by atoms with Gasteiger partial charge in [0, 0.05) is 10.5 Å². The lowest BCUT2D eigenvalue weighted by molar-refractivity contribution is 0.102. The van der Waals surface area contributed by atoms with Gasteiger partial charge in [-0.15, -0.1) is 11.8 Å². The molecule has 20 heavy (non-hydrogen) atoms. The van der Waals surface area contributed by atoms with Gasteiger partial charge in [-0.05, 0) is 29.2 Å². The van der Waals surface area contributed by atoms with Gasteiger partial charge in [-0.2, -0.15) is 0 Å². The maximum atomic E-state index is 12.3. The van der Waals surface area contributed by atoms with Gasteiger partial charge in [0.05, 0.1) is 5.75 Å². The van der Waals surface area contributed by atoms with E-state index in [0.29, 0.717) is 5.75 Å². The quantitative estimate of drug-likeness (QED) is 0.583. The first-order chi connectivity index (χ1) is 9.47. The van der Waals surface area contributed by atoms with Crippen LogP contribution in [0.3, 0.4) is 0 Å². The van der Waals surface area contributed by atoms with Crippen molar-refractivity contribution in [2.24, 2.45) is 0 Å². The molecule has 0 aromatic heterocycles. The Labute approximate surface area is 125 Å². The molecule has 0 N–H and O–H groups in total. The number of thioether (sulfide) groups is 1. The SMILES string of the molecule is CC(C)(C)c1cccc(C(=O)CSc2ccccc2)c1. The van der Waals surface area contributed by atoms with Crippen LogP contribution in [0.25, 0.3) is 0 Å². The van der Waals surface area contributed by atoms with Gasteiger partial charge >= 0.3 is 0 Å². The molecule has 0 unspecified atom stereocenters. The molecular formula is C18H20OS. The van der Waals surface area contributed by atoms with E-state index < -0.39 is 0 Å². The summed E-state index contributed by atoms with van der Waals surface area (Å²) in [5, 5.41) is 0. The zero-order chi connectivity index (χ0) is 14.6. The van der Waals surface area contributed by atoms with E-state index in [-0.39, 0.29) is 11.2 Å².